The van der Waals surface area contributed by atoms with E-state index in [4.69, 9.17) is 15.7 Å². The van der Waals surface area contributed by atoms with Crippen molar-refractivity contribution in [3.63, 3.8) is 0 Å². The molecule has 2 saturated carbocycles. The summed E-state index contributed by atoms with van der Waals surface area (Å²) in [6, 6.07) is 9.20. The van der Waals surface area contributed by atoms with Crippen LogP contribution in [0.4, 0.5) is 11.5 Å². The Labute approximate surface area is 205 Å². The number of phenolic OH excluding ortho intramolecular Hbond substituents is 1. The molecule has 4 aliphatic rings. The van der Waals surface area contributed by atoms with Crippen molar-refractivity contribution in [3.8, 4) is 17.0 Å². The van der Waals surface area contributed by atoms with Gasteiger partial charge in [-0.3, -0.25) is 0 Å². The SMILES string of the molecule is Nc1nnc(-c2ccccc2O)cc1N1CC2CC3(c4ncc(C5CCNCC5)cn4)CC(C1)C23. The standard InChI is InChI=1S/C27H31N7O/c28-25-22(9-21(32-33-25)20-3-1-2-4-23(20)35)34-14-17-10-27(11-18(15-34)24(17)27)26-30-12-19(13-31-26)16-5-7-29-8-6-16/h1-4,9,12-13,16-18,24,29,35H,5-8,10-11,14-15H2,(H2,28,33). The molecule has 2 aromatic heterocycles. The van der Waals surface area contributed by atoms with E-state index in [1.165, 1.54) is 18.4 Å². The number of para-hydroxylation sites is 1. The third kappa shape index (κ3) is 3.22. The number of nitrogens with one attached hydrogen (secondary N) is 1. The molecule has 1 aromatic carbocycles. The summed E-state index contributed by atoms with van der Waals surface area (Å²) in [5.74, 6) is 4.21. The fourth-order valence-electron chi connectivity index (χ4n) is 7.46. The number of phenols is 1. The zero-order valence-electron chi connectivity index (χ0n) is 19.8. The number of nitrogens with two attached hydrogens (primary N) is 1. The molecule has 0 radical (unpaired) electrons. The van der Waals surface area contributed by atoms with Gasteiger partial charge in [0.25, 0.3) is 0 Å². The average molecular weight is 470 g/mol. The van der Waals surface area contributed by atoms with E-state index in [2.05, 4.69) is 32.8 Å². The van der Waals surface area contributed by atoms with E-state index < -0.39 is 0 Å². The highest BCUT2D eigenvalue weighted by Crippen LogP contribution is 2.69. The third-order valence-electron chi connectivity index (χ3n) is 9.07. The first-order valence-corrected chi connectivity index (χ1v) is 12.8. The van der Waals surface area contributed by atoms with Crippen molar-refractivity contribution in [2.45, 2.75) is 37.0 Å². The number of aromatic nitrogens is 4. The average Bonchev–Trinajstić information content (AvgIpc) is 2.86. The van der Waals surface area contributed by atoms with E-state index in [1.54, 1.807) is 12.1 Å². The van der Waals surface area contributed by atoms with Crippen molar-refractivity contribution in [1.29, 1.82) is 0 Å². The summed E-state index contributed by atoms with van der Waals surface area (Å²) in [6.07, 6.45) is 8.84. The molecule has 8 nitrogen and oxygen atoms in total. The van der Waals surface area contributed by atoms with E-state index in [9.17, 15) is 5.11 Å². The molecule has 0 amide bonds. The normalized spacial score (nSPS) is 29.7. The van der Waals surface area contributed by atoms with Crippen LogP contribution in [0.2, 0.25) is 0 Å². The van der Waals surface area contributed by atoms with Crippen LogP contribution in [-0.2, 0) is 5.41 Å². The van der Waals surface area contributed by atoms with Crippen molar-refractivity contribution in [1.82, 2.24) is 25.5 Å². The summed E-state index contributed by atoms with van der Waals surface area (Å²) in [6.45, 7) is 4.10. The molecule has 4 N–H and O–H groups in total. The van der Waals surface area contributed by atoms with Gasteiger partial charge in [0.2, 0.25) is 0 Å². The van der Waals surface area contributed by atoms with Crippen LogP contribution in [0.25, 0.3) is 11.3 Å². The maximum Gasteiger partial charge on any atom is 0.169 e. The molecule has 2 saturated heterocycles. The molecule has 8 heteroatoms. The second-order valence-electron chi connectivity index (χ2n) is 10.9. The predicted molar refractivity (Wildman–Crippen MR) is 134 cm³/mol. The van der Waals surface area contributed by atoms with E-state index in [0.717, 1.165) is 50.5 Å². The Morgan fingerprint density at radius 3 is 2.43 bits per heavy atom. The fourth-order valence-corrected chi connectivity index (χ4v) is 7.46. The van der Waals surface area contributed by atoms with E-state index >= 15 is 0 Å². The van der Waals surface area contributed by atoms with Gasteiger partial charge in [0.15, 0.2) is 5.82 Å². The minimum absolute atomic E-state index is 0.178. The Hall–Kier alpha value is -3.26. The molecular weight excluding hydrogens is 438 g/mol. The van der Waals surface area contributed by atoms with Gasteiger partial charge >= 0.3 is 0 Å². The lowest BCUT2D eigenvalue weighted by Crippen LogP contribution is -2.71. The van der Waals surface area contributed by atoms with Gasteiger partial charge in [0, 0.05) is 36.5 Å². The summed E-state index contributed by atoms with van der Waals surface area (Å²) in [4.78, 5) is 12.2. The zero-order valence-corrected chi connectivity index (χ0v) is 19.8. The number of nitrogen functional groups attached to an aromatic ring is 1. The van der Waals surface area contributed by atoms with Crippen LogP contribution in [0.15, 0.2) is 42.7 Å². The smallest absolute Gasteiger partial charge is 0.169 e. The summed E-state index contributed by atoms with van der Waals surface area (Å²) in [5.41, 5.74) is 10.0. The predicted octanol–water partition coefficient (Wildman–Crippen LogP) is 3.10. The second-order valence-corrected chi connectivity index (χ2v) is 10.9. The number of piperidine rings is 2. The maximum absolute atomic E-state index is 10.3. The molecule has 35 heavy (non-hydrogen) atoms. The highest BCUT2D eigenvalue weighted by molar-refractivity contribution is 5.74. The van der Waals surface area contributed by atoms with Gasteiger partial charge in [-0.25, -0.2) is 9.97 Å². The fraction of sp³-hybridized carbons (Fsp3) is 0.481. The Bertz CT molecular complexity index is 1240. The Kier molecular flexibility index (Phi) is 4.74. The number of anilines is 2. The van der Waals surface area contributed by atoms with Crippen LogP contribution in [0.3, 0.4) is 0 Å². The van der Waals surface area contributed by atoms with Gasteiger partial charge < -0.3 is 21.1 Å². The largest absolute Gasteiger partial charge is 0.507 e. The maximum atomic E-state index is 10.3. The molecule has 2 aliphatic carbocycles. The molecular formula is C27H31N7O. The number of nitrogens with zero attached hydrogens (tertiary/aromatic N) is 5. The van der Waals surface area contributed by atoms with Crippen molar-refractivity contribution >= 4 is 11.5 Å². The first-order chi connectivity index (χ1) is 17.1. The monoisotopic (exact) mass is 469 g/mol. The Morgan fingerprint density at radius 1 is 1.00 bits per heavy atom. The summed E-state index contributed by atoms with van der Waals surface area (Å²) >= 11 is 0. The van der Waals surface area contributed by atoms with Crippen molar-refractivity contribution in [2.75, 3.05) is 36.8 Å². The second kappa shape index (κ2) is 7.88. The number of hydrogen-bond donors (Lipinski definition) is 3. The minimum Gasteiger partial charge on any atom is -0.507 e. The Balaban J connectivity index is 1.09. The molecule has 4 fully saturated rings. The third-order valence-corrected chi connectivity index (χ3v) is 9.07. The molecule has 4 heterocycles. The zero-order chi connectivity index (χ0) is 23.6. The van der Waals surface area contributed by atoms with Crippen molar-refractivity contribution in [3.05, 3.63) is 54.1 Å². The number of rotatable bonds is 4. The Morgan fingerprint density at radius 2 is 1.71 bits per heavy atom. The first-order valence-electron chi connectivity index (χ1n) is 12.8. The van der Waals surface area contributed by atoms with Gasteiger partial charge in [0.05, 0.1) is 11.4 Å². The lowest BCUT2D eigenvalue weighted by Gasteiger charge is -2.70. The van der Waals surface area contributed by atoms with Gasteiger partial charge in [-0.2, -0.15) is 0 Å². The van der Waals surface area contributed by atoms with Gasteiger partial charge in [0.1, 0.15) is 11.6 Å². The van der Waals surface area contributed by atoms with Gasteiger partial charge in [-0.15, -0.1) is 10.2 Å². The molecule has 0 bridgehead atoms. The van der Waals surface area contributed by atoms with Gasteiger partial charge in [-0.05, 0) is 86.2 Å². The summed E-state index contributed by atoms with van der Waals surface area (Å²) in [5, 5.41) is 22.2. The van der Waals surface area contributed by atoms with E-state index in [0.29, 0.717) is 40.7 Å². The lowest BCUT2D eigenvalue weighted by molar-refractivity contribution is -0.137. The molecule has 2 unspecified atom stereocenters. The number of benzene rings is 1. The highest BCUT2D eigenvalue weighted by Gasteiger charge is 2.69. The first kappa shape index (κ1) is 21.1. The lowest BCUT2D eigenvalue weighted by atomic mass is 9.37. The summed E-state index contributed by atoms with van der Waals surface area (Å²) < 4.78 is 0. The van der Waals surface area contributed by atoms with Crippen LogP contribution in [0.1, 0.15) is 43.0 Å². The molecule has 2 aliphatic heterocycles. The highest BCUT2D eigenvalue weighted by atomic mass is 16.3. The van der Waals surface area contributed by atoms with Gasteiger partial charge in [-0.1, -0.05) is 12.1 Å². The molecule has 3 aromatic rings. The summed E-state index contributed by atoms with van der Waals surface area (Å²) in [7, 11) is 0. The van der Waals surface area contributed by atoms with Crippen LogP contribution in [0.5, 0.6) is 5.75 Å². The van der Waals surface area contributed by atoms with Crippen LogP contribution in [-0.4, -0.2) is 51.5 Å². The van der Waals surface area contributed by atoms with Crippen LogP contribution in [0, 0.1) is 17.8 Å². The van der Waals surface area contributed by atoms with Crippen LogP contribution < -0.4 is 16.0 Å². The number of aromatic hydroxyl groups is 1. The van der Waals surface area contributed by atoms with E-state index in [-0.39, 0.29) is 11.2 Å². The minimum atomic E-state index is 0.178. The molecule has 7 rings (SSSR count). The number of hydrogen-bond acceptors (Lipinski definition) is 8. The molecule has 2 atom stereocenters. The molecule has 180 valence electrons. The van der Waals surface area contributed by atoms with Crippen molar-refractivity contribution in [2.24, 2.45) is 17.8 Å². The van der Waals surface area contributed by atoms with Crippen LogP contribution >= 0.6 is 0 Å². The topological polar surface area (TPSA) is 113 Å². The van der Waals surface area contributed by atoms with Crippen molar-refractivity contribution < 1.29 is 5.11 Å². The quantitative estimate of drug-likeness (QED) is 0.534. The van der Waals surface area contributed by atoms with E-state index in [1.807, 2.05) is 18.2 Å². The molecule has 0 spiro atoms.